The van der Waals surface area contributed by atoms with Gasteiger partial charge >= 0.3 is 0 Å². The molecule has 6 heteroatoms. The van der Waals surface area contributed by atoms with Gasteiger partial charge in [0.15, 0.2) is 0 Å². The third-order valence-corrected chi connectivity index (χ3v) is 6.06. The highest BCUT2D eigenvalue weighted by molar-refractivity contribution is 7.10. The van der Waals surface area contributed by atoms with E-state index in [1.807, 2.05) is 24.1 Å². The Kier molecular flexibility index (Phi) is 5.81. The quantitative estimate of drug-likeness (QED) is 0.659. The summed E-state index contributed by atoms with van der Waals surface area (Å²) < 4.78 is 13.1. The summed E-state index contributed by atoms with van der Waals surface area (Å²) in [6.45, 7) is 4.57. The monoisotopic (exact) mass is 374 g/mol. The summed E-state index contributed by atoms with van der Waals surface area (Å²) in [5.41, 5.74) is 2.72. The first kappa shape index (κ1) is 18.7. The van der Waals surface area contributed by atoms with Crippen molar-refractivity contribution in [3.63, 3.8) is 0 Å². The molecular weight excluding hydrogens is 351 g/mol. The number of carbonyl (C=O) groups is 1. The number of carbonyl (C=O) groups excluding carboxylic acids is 1. The summed E-state index contributed by atoms with van der Waals surface area (Å²) >= 11 is 1.48. The Morgan fingerprint density at radius 1 is 1.35 bits per heavy atom. The minimum absolute atomic E-state index is 0.00570. The summed E-state index contributed by atoms with van der Waals surface area (Å²) in [5.74, 6) is -0.250. The summed E-state index contributed by atoms with van der Waals surface area (Å²) in [6, 6.07) is 6.15. The molecule has 0 radical (unpaired) electrons. The van der Waals surface area contributed by atoms with Gasteiger partial charge in [0.1, 0.15) is 11.9 Å². The average molecular weight is 374 g/mol. The number of benzene rings is 1. The van der Waals surface area contributed by atoms with Crippen molar-refractivity contribution in [1.29, 1.82) is 0 Å². The van der Waals surface area contributed by atoms with Crippen molar-refractivity contribution in [2.75, 3.05) is 6.54 Å². The Hall–Kier alpha value is -2.08. The minimum Gasteiger partial charge on any atom is -0.336 e. The predicted molar refractivity (Wildman–Crippen MR) is 102 cm³/mol. The molecular formula is C20H23FN2O2S. The Bertz CT molecular complexity index is 786. The van der Waals surface area contributed by atoms with Gasteiger partial charge in [0, 0.05) is 22.8 Å². The van der Waals surface area contributed by atoms with Crippen molar-refractivity contribution in [3.8, 4) is 0 Å². The van der Waals surface area contributed by atoms with E-state index in [-0.39, 0.29) is 23.8 Å². The molecule has 1 atom stereocenters. The van der Waals surface area contributed by atoms with Crippen molar-refractivity contribution in [2.45, 2.75) is 51.6 Å². The Labute approximate surface area is 157 Å². The second-order valence-electron chi connectivity index (χ2n) is 6.97. The number of nitroso groups, excluding NO2 is 1. The summed E-state index contributed by atoms with van der Waals surface area (Å²) in [6.07, 6.45) is 3.16. The van der Waals surface area contributed by atoms with Gasteiger partial charge in [-0.1, -0.05) is 17.3 Å². The first-order valence-electron chi connectivity index (χ1n) is 8.99. The number of amides is 1. The Morgan fingerprint density at radius 3 is 2.73 bits per heavy atom. The first-order chi connectivity index (χ1) is 12.5. The molecule has 4 nitrogen and oxygen atoms in total. The topological polar surface area (TPSA) is 49.7 Å². The lowest BCUT2D eigenvalue weighted by Gasteiger charge is -2.28. The summed E-state index contributed by atoms with van der Waals surface area (Å²) in [7, 11) is 0. The third kappa shape index (κ3) is 3.85. The van der Waals surface area contributed by atoms with Crippen LogP contribution in [-0.2, 0) is 12.8 Å². The number of hydrogen-bond donors (Lipinski definition) is 0. The molecule has 0 aliphatic heterocycles. The van der Waals surface area contributed by atoms with Gasteiger partial charge in [0.2, 0.25) is 0 Å². The van der Waals surface area contributed by atoms with E-state index in [1.165, 1.54) is 23.5 Å². The smallest absolute Gasteiger partial charge is 0.255 e. The molecule has 0 bridgehead atoms. The normalized spacial score (nSPS) is 16.4. The first-order valence-corrected chi connectivity index (χ1v) is 9.87. The van der Waals surface area contributed by atoms with Gasteiger partial charge in [-0.15, -0.1) is 11.3 Å². The van der Waals surface area contributed by atoms with E-state index >= 15 is 0 Å². The highest BCUT2D eigenvalue weighted by Gasteiger charge is 2.29. The van der Waals surface area contributed by atoms with Gasteiger partial charge in [-0.25, -0.2) is 4.39 Å². The third-order valence-electron chi connectivity index (χ3n) is 4.93. The van der Waals surface area contributed by atoms with Crippen LogP contribution in [0.3, 0.4) is 0 Å². The zero-order chi connectivity index (χ0) is 18.7. The molecule has 1 aliphatic rings. The maximum Gasteiger partial charge on any atom is 0.255 e. The molecule has 0 saturated carbocycles. The molecule has 1 aliphatic carbocycles. The Balaban J connectivity index is 1.78. The molecule has 1 heterocycles. The lowest BCUT2D eigenvalue weighted by Crippen LogP contribution is -2.38. The molecule has 138 valence electrons. The van der Waals surface area contributed by atoms with Gasteiger partial charge in [0.05, 0.1) is 5.56 Å². The number of halogens is 1. The van der Waals surface area contributed by atoms with Crippen molar-refractivity contribution >= 4 is 17.2 Å². The van der Waals surface area contributed by atoms with Crippen LogP contribution in [0.4, 0.5) is 4.39 Å². The molecule has 0 saturated heterocycles. The molecule has 1 aromatic heterocycles. The second kappa shape index (κ2) is 8.08. The van der Waals surface area contributed by atoms with Crippen molar-refractivity contribution < 1.29 is 9.18 Å². The molecule has 3 rings (SSSR count). The van der Waals surface area contributed by atoms with E-state index in [0.717, 1.165) is 35.3 Å². The fourth-order valence-corrected chi connectivity index (χ4v) is 4.63. The van der Waals surface area contributed by atoms with E-state index in [4.69, 9.17) is 0 Å². The van der Waals surface area contributed by atoms with Crippen LogP contribution in [0, 0.1) is 10.7 Å². The van der Waals surface area contributed by atoms with E-state index in [1.54, 1.807) is 12.1 Å². The van der Waals surface area contributed by atoms with Gasteiger partial charge < -0.3 is 4.90 Å². The standard InChI is InChI=1S/C20H23FN2O2S/c1-13(2)23(11-10-14-6-8-15(21)9-7-14)20(24)17-12-26-19-16(17)4-3-5-18(19)22-25/h6-9,12-13,18H,3-5,10-11H2,1-2H3. The maximum absolute atomic E-state index is 13.2. The predicted octanol–water partition coefficient (Wildman–Crippen LogP) is 5.12. The van der Waals surface area contributed by atoms with E-state index in [0.29, 0.717) is 18.5 Å². The van der Waals surface area contributed by atoms with E-state index in [2.05, 4.69) is 5.18 Å². The number of hydrogen-bond acceptors (Lipinski definition) is 4. The summed E-state index contributed by atoms with van der Waals surface area (Å²) in [4.78, 5) is 27.0. The van der Waals surface area contributed by atoms with Crippen molar-refractivity contribution in [1.82, 2.24) is 4.90 Å². The number of rotatable bonds is 6. The molecule has 0 fully saturated rings. The molecule has 2 aromatic rings. The maximum atomic E-state index is 13.2. The van der Waals surface area contributed by atoms with Crippen LogP contribution in [0.25, 0.3) is 0 Å². The lowest BCUT2D eigenvalue weighted by atomic mass is 9.92. The van der Waals surface area contributed by atoms with Gasteiger partial charge in [-0.2, -0.15) is 4.91 Å². The average Bonchev–Trinajstić information content (AvgIpc) is 3.07. The molecule has 0 spiro atoms. The second-order valence-corrected chi connectivity index (χ2v) is 7.89. The molecule has 0 N–H and O–H groups in total. The number of nitrogens with zero attached hydrogens (tertiary/aromatic N) is 2. The minimum atomic E-state index is -0.308. The SMILES string of the molecule is CC(C)N(CCc1ccc(F)cc1)C(=O)c1csc2c1CCCC2N=O. The van der Waals surface area contributed by atoms with Crippen LogP contribution >= 0.6 is 11.3 Å². The van der Waals surface area contributed by atoms with Crippen molar-refractivity contribution in [3.05, 3.63) is 61.9 Å². The van der Waals surface area contributed by atoms with Gasteiger partial charge in [-0.3, -0.25) is 4.79 Å². The Morgan fingerprint density at radius 2 is 2.08 bits per heavy atom. The zero-order valence-corrected chi connectivity index (χ0v) is 15.9. The van der Waals surface area contributed by atoms with Gasteiger partial charge in [0.25, 0.3) is 5.91 Å². The van der Waals surface area contributed by atoms with Crippen LogP contribution in [0.1, 0.15) is 59.1 Å². The van der Waals surface area contributed by atoms with Crippen LogP contribution < -0.4 is 0 Å². The molecule has 1 amide bonds. The molecule has 1 aromatic carbocycles. The van der Waals surface area contributed by atoms with Crippen LogP contribution in [0.15, 0.2) is 34.8 Å². The number of thiophene rings is 1. The fourth-order valence-electron chi connectivity index (χ4n) is 3.47. The van der Waals surface area contributed by atoms with Crippen LogP contribution in [0.5, 0.6) is 0 Å². The molecule has 1 unspecified atom stereocenters. The molecule has 26 heavy (non-hydrogen) atoms. The fraction of sp³-hybridized carbons (Fsp3) is 0.450. The van der Waals surface area contributed by atoms with E-state index in [9.17, 15) is 14.1 Å². The zero-order valence-electron chi connectivity index (χ0n) is 15.1. The lowest BCUT2D eigenvalue weighted by molar-refractivity contribution is 0.0707. The largest absolute Gasteiger partial charge is 0.336 e. The van der Waals surface area contributed by atoms with Crippen LogP contribution in [-0.4, -0.2) is 23.4 Å². The van der Waals surface area contributed by atoms with Gasteiger partial charge in [-0.05, 0) is 62.8 Å². The van der Waals surface area contributed by atoms with Crippen LogP contribution in [0.2, 0.25) is 0 Å². The van der Waals surface area contributed by atoms with E-state index < -0.39 is 0 Å². The summed E-state index contributed by atoms with van der Waals surface area (Å²) in [5, 5.41) is 5.11. The highest BCUT2D eigenvalue weighted by atomic mass is 32.1. The number of fused-ring (bicyclic) bond motifs is 1. The van der Waals surface area contributed by atoms with Crippen molar-refractivity contribution in [2.24, 2.45) is 5.18 Å². The highest BCUT2D eigenvalue weighted by Crippen LogP contribution is 2.39.